The molecule has 0 bridgehead atoms. The molecule has 3 aromatic carbocycles. The SMILES string of the molecule is O=C(Nc1ccc(F)c(Cl)c1)c1ccc(NC2=C(Cl)C(=O)N(c3cc(Cl)cc(Cl)c3)C2=O)cc1. The van der Waals surface area contributed by atoms with Crippen molar-refractivity contribution in [3.63, 3.8) is 0 Å². The zero-order valence-electron chi connectivity index (χ0n) is 16.8. The molecule has 6 nitrogen and oxygen atoms in total. The fourth-order valence-corrected chi connectivity index (χ4v) is 4.05. The number of hydrogen-bond donors (Lipinski definition) is 2. The molecular weight excluding hydrogens is 527 g/mol. The summed E-state index contributed by atoms with van der Waals surface area (Å²) in [5.41, 5.74) is 1.06. The van der Waals surface area contributed by atoms with E-state index in [1.807, 2.05) is 0 Å². The summed E-state index contributed by atoms with van der Waals surface area (Å²) in [6, 6.07) is 14.2. The minimum absolute atomic E-state index is 0.118. The highest BCUT2D eigenvalue weighted by Gasteiger charge is 2.39. The first kappa shape index (κ1) is 24.0. The number of imide groups is 1. The maximum absolute atomic E-state index is 13.3. The van der Waals surface area contributed by atoms with Gasteiger partial charge in [0.25, 0.3) is 17.7 Å². The fourth-order valence-electron chi connectivity index (χ4n) is 3.14. The molecule has 0 saturated heterocycles. The van der Waals surface area contributed by atoms with Crippen LogP contribution in [-0.2, 0) is 9.59 Å². The van der Waals surface area contributed by atoms with Crippen LogP contribution in [0.1, 0.15) is 10.4 Å². The third kappa shape index (κ3) is 4.88. The molecule has 1 aliphatic heterocycles. The van der Waals surface area contributed by atoms with Gasteiger partial charge in [-0.25, -0.2) is 9.29 Å². The van der Waals surface area contributed by atoms with Gasteiger partial charge in [-0.15, -0.1) is 0 Å². The number of carbonyl (C=O) groups excluding carboxylic acids is 3. The Balaban J connectivity index is 1.49. The number of benzene rings is 3. The van der Waals surface area contributed by atoms with Gasteiger partial charge in [0.1, 0.15) is 16.5 Å². The highest BCUT2D eigenvalue weighted by molar-refractivity contribution is 6.53. The number of anilines is 3. The van der Waals surface area contributed by atoms with E-state index in [1.54, 1.807) is 0 Å². The third-order valence-electron chi connectivity index (χ3n) is 4.73. The van der Waals surface area contributed by atoms with Crippen molar-refractivity contribution in [1.82, 2.24) is 0 Å². The van der Waals surface area contributed by atoms with Crippen LogP contribution in [0.4, 0.5) is 21.5 Å². The van der Waals surface area contributed by atoms with E-state index in [-0.39, 0.29) is 37.0 Å². The van der Waals surface area contributed by atoms with Crippen molar-refractivity contribution in [2.75, 3.05) is 15.5 Å². The Morgan fingerprint density at radius 3 is 2.03 bits per heavy atom. The lowest BCUT2D eigenvalue weighted by atomic mass is 10.2. The van der Waals surface area contributed by atoms with E-state index in [4.69, 9.17) is 46.4 Å². The Hall–Kier alpha value is -3.10. The van der Waals surface area contributed by atoms with Crippen molar-refractivity contribution < 1.29 is 18.8 Å². The van der Waals surface area contributed by atoms with E-state index >= 15 is 0 Å². The number of hydrogen-bond acceptors (Lipinski definition) is 4. The molecule has 34 heavy (non-hydrogen) atoms. The van der Waals surface area contributed by atoms with Crippen molar-refractivity contribution in [3.05, 3.63) is 97.8 Å². The van der Waals surface area contributed by atoms with Gasteiger partial charge in [0, 0.05) is 27.0 Å². The minimum Gasteiger partial charge on any atom is -0.350 e. The van der Waals surface area contributed by atoms with Crippen molar-refractivity contribution in [2.24, 2.45) is 0 Å². The molecule has 2 N–H and O–H groups in total. The van der Waals surface area contributed by atoms with Gasteiger partial charge in [0.2, 0.25) is 0 Å². The Bertz CT molecular complexity index is 1360. The van der Waals surface area contributed by atoms with Crippen molar-refractivity contribution in [3.8, 4) is 0 Å². The summed E-state index contributed by atoms with van der Waals surface area (Å²) < 4.78 is 13.3. The quantitative estimate of drug-likeness (QED) is 0.365. The van der Waals surface area contributed by atoms with E-state index in [2.05, 4.69) is 10.6 Å². The Labute approximate surface area is 212 Å². The molecule has 0 aromatic heterocycles. The third-order valence-corrected chi connectivity index (χ3v) is 5.80. The van der Waals surface area contributed by atoms with Crippen LogP contribution in [0.25, 0.3) is 0 Å². The highest BCUT2D eigenvalue weighted by Crippen LogP contribution is 2.33. The molecule has 3 amide bonds. The molecule has 172 valence electrons. The molecular formula is C23H12Cl4FN3O3. The predicted molar refractivity (Wildman–Crippen MR) is 131 cm³/mol. The van der Waals surface area contributed by atoms with E-state index in [9.17, 15) is 18.8 Å². The number of amides is 3. The van der Waals surface area contributed by atoms with Gasteiger partial charge in [-0.05, 0) is 60.7 Å². The van der Waals surface area contributed by atoms with Gasteiger partial charge in [-0.3, -0.25) is 14.4 Å². The lowest BCUT2D eigenvalue weighted by Crippen LogP contribution is -2.32. The average molecular weight is 539 g/mol. The number of halogens is 5. The molecule has 0 spiro atoms. The first-order chi connectivity index (χ1) is 16.1. The topological polar surface area (TPSA) is 78.5 Å². The predicted octanol–water partition coefficient (Wildman–Crippen LogP) is 6.47. The Kier molecular flexibility index (Phi) is 6.81. The van der Waals surface area contributed by atoms with E-state index in [0.29, 0.717) is 11.4 Å². The standard InChI is InChI=1S/C23H12Cl4FN3O3/c24-12-7-13(25)9-16(8-12)31-22(33)19(27)20(23(31)34)29-14-3-1-11(2-4-14)21(32)30-15-5-6-18(28)17(26)10-15/h1-10,29H,(H,30,32). The Morgan fingerprint density at radius 1 is 0.794 bits per heavy atom. The first-order valence-electron chi connectivity index (χ1n) is 9.52. The fraction of sp³-hybridized carbons (Fsp3) is 0. The van der Waals surface area contributed by atoms with E-state index in [1.165, 1.54) is 54.6 Å². The van der Waals surface area contributed by atoms with Crippen LogP contribution in [0.3, 0.4) is 0 Å². The minimum atomic E-state index is -0.735. The molecule has 1 aliphatic rings. The van der Waals surface area contributed by atoms with Crippen LogP contribution in [0.2, 0.25) is 15.1 Å². The monoisotopic (exact) mass is 537 g/mol. The molecule has 1 heterocycles. The number of nitrogens with zero attached hydrogens (tertiary/aromatic N) is 1. The second-order valence-corrected chi connectivity index (χ2v) is 8.71. The van der Waals surface area contributed by atoms with Gasteiger partial charge < -0.3 is 10.6 Å². The molecule has 0 saturated carbocycles. The summed E-state index contributed by atoms with van der Waals surface area (Å²) >= 11 is 23.8. The maximum atomic E-state index is 13.3. The lowest BCUT2D eigenvalue weighted by Gasteiger charge is -2.16. The summed E-state index contributed by atoms with van der Waals surface area (Å²) in [6.45, 7) is 0. The molecule has 0 radical (unpaired) electrons. The normalized spacial score (nSPS) is 13.5. The lowest BCUT2D eigenvalue weighted by molar-refractivity contribution is -0.120. The summed E-state index contributed by atoms with van der Waals surface area (Å²) in [4.78, 5) is 38.8. The van der Waals surface area contributed by atoms with Gasteiger partial charge in [0.05, 0.1) is 10.7 Å². The largest absolute Gasteiger partial charge is 0.350 e. The molecule has 0 atom stereocenters. The molecule has 0 unspecified atom stereocenters. The maximum Gasteiger partial charge on any atom is 0.283 e. The van der Waals surface area contributed by atoms with Crippen LogP contribution < -0.4 is 15.5 Å². The Morgan fingerprint density at radius 2 is 1.41 bits per heavy atom. The van der Waals surface area contributed by atoms with Crippen LogP contribution in [-0.4, -0.2) is 17.7 Å². The second-order valence-electron chi connectivity index (χ2n) is 7.05. The van der Waals surface area contributed by atoms with Crippen molar-refractivity contribution >= 4 is 81.2 Å². The van der Waals surface area contributed by atoms with Crippen LogP contribution in [0.5, 0.6) is 0 Å². The second kappa shape index (κ2) is 9.64. The van der Waals surface area contributed by atoms with Gasteiger partial charge in [-0.2, -0.15) is 0 Å². The summed E-state index contributed by atoms with van der Waals surface area (Å²) in [6.07, 6.45) is 0. The molecule has 4 rings (SSSR count). The number of carbonyl (C=O) groups is 3. The molecule has 3 aromatic rings. The smallest absolute Gasteiger partial charge is 0.283 e. The van der Waals surface area contributed by atoms with Crippen molar-refractivity contribution in [2.45, 2.75) is 0 Å². The van der Waals surface area contributed by atoms with E-state index in [0.717, 1.165) is 11.0 Å². The van der Waals surface area contributed by atoms with Crippen LogP contribution >= 0.6 is 46.4 Å². The molecule has 0 aliphatic carbocycles. The van der Waals surface area contributed by atoms with Gasteiger partial charge >= 0.3 is 0 Å². The summed E-state index contributed by atoms with van der Waals surface area (Å²) in [5, 5.41) is 5.48. The van der Waals surface area contributed by atoms with Gasteiger partial charge in [0.15, 0.2) is 0 Å². The number of nitrogens with one attached hydrogen (secondary N) is 2. The summed E-state index contributed by atoms with van der Waals surface area (Å²) in [5.74, 6) is -2.48. The summed E-state index contributed by atoms with van der Waals surface area (Å²) in [7, 11) is 0. The average Bonchev–Trinajstić information content (AvgIpc) is 2.99. The zero-order chi connectivity index (χ0) is 24.6. The number of rotatable bonds is 5. The highest BCUT2D eigenvalue weighted by atomic mass is 35.5. The zero-order valence-corrected chi connectivity index (χ0v) is 19.9. The van der Waals surface area contributed by atoms with Crippen LogP contribution in [0.15, 0.2) is 71.4 Å². The molecule has 0 fully saturated rings. The van der Waals surface area contributed by atoms with Gasteiger partial charge in [-0.1, -0.05) is 46.4 Å². The first-order valence-corrected chi connectivity index (χ1v) is 11.0. The van der Waals surface area contributed by atoms with E-state index < -0.39 is 23.5 Å². The molecule has 11 heteroatoms. The van der Waals surface area contributed by atoms with Crippen LogP contribution in [0, 0.1) is 5.82 Å². The van der Waals surface area contributed by atoms with Crippen molar-refractivity contribution in [1.29, 1.82) is 0 Å².